The number of hydrogen-bond acceptors (Lipinski definition) is 3. The van der Waals surface area contributed by atoms with E-state index in [9.17, 15) is 0 Å². The second-order valence-electron chi connectivity index (χ2n) is 2.05. The summed E-state index contributed by atoms with van der Waals surface area (Å²) in [5, 5.41) is 0. The predicted molar refractivity (Wildman–Crippen MR) is 53.5 cm³/mol. The molecule has 0 spiro atoms. The van der Waals surface area contributed by atoms with Crippen molar-refractivity contribution in [2.75, 3.05) is 6.26 Å². The van der Waals surface area contributed by atoms with Gasteiger partial charge in [0.1, 0.15) is 0 Å². The van der Waals surface area contributed by atoms with E-state index in [1.807, 2.05) is 23.1 Å². The highest BCUT2D eigenvalue weighted by atomic mass is 32.2. The number of thioether (sulfide) groups is 1. The number of rotatable bonds is 2. The van der Waals surface area contributed by atoms with Gasteiger partial charge in [-0.1, -0.05) is 0 Å². The van der Waals surface area contributed by atoms with Crippen LogP contribution in [0.5, 0.6) is 0 Å². The SMILES string of the molecule is CSc1sc(CS)cc1C. The van der Waals surface area contributed by atoms with Gasteiger partial charge in [-0.3, -0.25) is 0 Å². The summed E-state index contributed by atoms with van der Waals surface area (Å²) in [4.78, 5) is 1.37. The lowest BCUT2D eigenvalue weighted by molar-refractivity contribution is 1.41. The Morgan fingerprint density at radius 1 is 1.70 bits per heavy atom. The van der Waals surface area contributed by atoms with Crippen molar-refractivity contribution in [1.82, 2.24) is 0 Å². The first-order valence-electron chi connectivity index (χ1n) is 3.02. The van der Waals surface area contributed by atoms with Crippen LogP contribution in [0.1, 0.15) is 10.4 Å². The van der Waals surface area contributed by atoms with E-state index in [1.165, 1.54) is 14.6 Å². The smallest absolute Gasteiger partial charge is 0.0628 e. The predicted octanol–water partition coefficient (Wildman–Crippen LogP) is 3.21. The van der Waals surface area contributed by atoms with Crippen LogP contribution in [0, 0.1) is 6.92 Å². The van der Waals surface area contributed by atoms with Crippen molar-refractivity contribution in [2.45, 2.75) is 16.9 Å². The topological polar surface area (TPSA) is 0 Å². The molecule has 10 heavy (non-hydrogen) atoms. The maximum atomic E-state index is 4.21. The molecule has 0 aromatic carbocycles. The molecule has 1 rings (SSSR count). The van der Waals surface area contributed by atoms with Gasteiger partial charge in [0.25, 0.3) is 0 Å². The number of thiophene rings is 1. The van der Waals surface area contributed by atoms with Crippen LogP contribution >= 0.6 is 35.7 Å². The molecule has 56 valence electrons. The maximum absolute atomic E-state index is 4.21. The molecule has 0 nitrogen and oxygen atoms in total. The zero-order valence-corrected chi connectivity index (χ0v) is 8.58. The minimum absolute atomic E-state index is 0.867. The van der Waals surface area contributed by atoms with Gasteiger partial charge < -0.3 is 0 Å². The molecule has 1 aromatic heterocycles. The van der Waals surface area contributed by atoms with E-state index in [4.69, 9.17) is 0 Å². The quantitative estimate of drug-likeness (QED) is 0.552. The highest BCUT2D eigenvalue weighted by Gasteiger charge is 2.01. The number of hydrogen-bond donors (Lipinski definition) is 1. The molecular weight excluding hydrogens is 180 g/mol. The minimum Gasteiger partial charge on any atom is -0.174 e. The Kier molecular flexibility index (Phi) is 3.14. The maximum Gasteiger partial charge on any atom is 0.0628 e. The van der Waals surface area contributed by atoms with Crippen molar-refractivity contribution < 1.29 is 0 Å². The summed E-state index contributed by atoms with van der Waals surface area (Å²) >= 11 is 7.87. The number of aryl methyl sites for hydroxylation is 1. The van der Waals surface area contributed by atoms with Crippen LogP contribution in [0.2, 0.25) is 0 Å². The average Bonchev–Trinajstić information content (AvgIpc) is 2.30. The molecule has 1 aromatic rings. The van der Waals surface area contributed by atoms with Gasteiger partial charge >= 0.3 is 0 Å². The molecule has 0 saturated heterocycles. The first-order chi connectivity index (χ1) is 4.77. The highest BCUT2D eigenvalue weighted by Crippen LogP contribution is 2.30. The van der Waals surface area contributed by atoms with Crippen molar-refractivity contribution in [3.8, 4) is 0 Å². The van der Waals surface area contributed by atoms with Gasteiger partial charge in [0.2, 0.25) is 0 Å². The zero-order valence-electron chi connectivity index (χ0n) is 6.05. The molecule has 0 bridgehead atoms. The Morgan fingerprint density at radius 2 is 2.40 bits per heavy atom. The van der Waals surface area contributed by atoms with Gasteiger partial charge in [0.15, 0.2) is 0 Å². The van der Waals surface area contributed by atoms with Crippen molar-refractivity contribution in [1.29, 1.82) is 0 Å². The molecular formula is C7H10S3. The monoisotopic (exact) mass is 190 g/mol. The fraction of sp³-hybridized carbons (Fsp3) is 0.429. The van der Waals surface area contributed by atoms with Gasteiger partial charge in [0.05, 0.1) is 4.21 Å². The molecule has 1 heterocycles. The van der Waals surface area contributed by atoms with Gasteiger partial charge in [-0.2, -0.15) is 12.6 Å². The first-order valence-corrected chi connectivity index (χ1v) is 5.69. The Hall–Kier alpha value is 0.400. The Balaban J connectivity index is 2.92. The normalized spacial score (nSPS) is 10.3. The molecule has 0 fully saturated rings. The summed E-state index contributed by atoms with van der Waals surface area (Å²) in [7, 11) is 0. The standard InChI is InChI=1S/C7H10S3/c1-5-3-6(4-8)10-7(5)9-2/h3,8H,4H2,1-2H3. The fourth-order valence-electron chi connectivity index (χ4n) is 0.810. The second kappa shape index (κ2) is 3.69. The largest absolute Gasteiger partial charge is 0.174 e. The van der Waals surface area contributed by atoms with E-state index >= 15 is 0 Å². The lowest BCUT2D eigenvalue weighted by Gasteiger charge is -1.87. The summed E-state index contributed by atoms with van der Waals surface area (Å²) in [6.45, 7) is 2.15. The van der Waals surface area contributed by atoms with E-state index in [2.05, 4.69) is 31.9 Å². The molecule has 0 saturated carbocycles. The molecule has 0 unspecified atom stereocenters. The molecule has 0 aliphatic rings. The van der Waals surface area contributed by atoms with Crippen molar-refractivity contribution >= 4 is 35.7 Å². The van der Waals surface area contributed by atoms with Crippen molar-refractivity contribution in [3.63, 3.8) is 0 Å². The van der Waals surface area contributed by atoms with Crippen LogP contribution in [0.3, 0.4) is 0 Å². The molecule has 0 radical (unpaired) electrons. The lowest BCUT2D eigenvalue weighted by Crippen LogP contribution is -1.64. The third kappa shape index (κ3) is 1.71. The van der Waals surface area contributed by atoms with Crippen LogP contribution in [0.4, 0.5) is 0 Å². The molecule has 0 aliphatic carbocycles. The van der Waals surface area contributed by atoms with E-state index in [-0.39, 0.29) is 0 Å². The van der Waals surface area contributed by atoms with Gasteiger partial charge in [-0.25, -0.2) is 0 Å². The summed E-state index contributed by atoms with van der Waals surface area (Å²) in [5.41, 5.74) is 1.39. The zero-order chi connectivity index (χ0) is 7.56. The lowest BCUT2D eigenvalue weighted by atomic mass is 10.3. The molecule has 0 aliphatic heterocycles. The van der Waals surface area contributed by atoms with E-state index in [1.54, 1.807) is 0 Å². The van der Waals surface area contributed by atoms with Crippen molar-refractivity contribution in [2.24, 2.45) is 0 Å². The Bertz CT molecular complexity index is 215. The fourth-order valence-corrected chi connectivity index (χ4v) is 2.89. The third-order valence-electron chi connectivity index (χ3n) is 1.26. The van der Waals surface area contributed by atoms with Crippen LogP contribution in [0.15, 0.2) is 10.3 Å². The summed E-state index contributed by atoms with van der Waals surface area (Å²) < 4.78 is 1.42. The third-order valence-corrected chi connectivity index (χ3v) is 4.29. The summed E-state index contributed by atoms with van der Waals surface area (Å²) in [6.07, 6.45) is 2.11. The van der Waals surface area contributed by atoms with Crippen LogP contribution < -0.4 is 0 Å². The van der Waals surface area contributed by atoms with Crippen LogP contribution in [-0.2, 0) is 5.75 Å². The van der Waals surface area contributed by atoms with Gasteiger partial charge in [-0.15, -0.1) is 23.1 Å². The summed E-state index contributed by atoms with van der Waals surface area (Å²) in [5.74, 6) is 0.867. The Morgan fingerprint density at radius 3 is 2.70 bits per heavy atom. The van der Waals surface area contributed by atoms with Gasteiger partial charge in [-0.05, 0) is 24.8 Å². The van der Waals surface area contributed by atoms with Crippen LogP contribution in [-0.4, -0.2) is 6.26 Å². The minimum atomic E-state index is 0.867. The number of thiol groups is 1. The van der Waals surface area contributed by atoms with E-state index < -0.39 is 0 Å². The second-order valence-corrected chi connectivity index (χ2v) is 4.57. The van der Waals surface area contributed by atoms with Crippen LogP contribution in [0.25, 0.3) is 0 Å². The highest BCUT2D eigenvalue weighted by molar-refractivity contribution is 8.00. The molecule has 0 amide bonds. The molecule has 0 N–H and O–H groups in total. The average molecular weight is 190 g/mol. The van der Waals surface area contributed by atoms with E-state index in [0.717, 1.165) is 5.75 Å². The van der Waals surface area contributed by atoms with Gasteiger partial charge in [0, 0.05) is 10.6 Å². The first kappa shape index (κ1) is 8.50. The molecule has 0 atom stereocenters. The molecule has 3 heteroatoms. The van der Waals surface area contributed by atoms with Crippen molar-refractivity contribution in [3.05, 3.63) is 16.5 Å². The van der Waals surface area contributed by atoms with E-state index in [0.29, 0.717) is 0 Å². The Labute approximate surface area is 75.4 Å². The summed E-state index contributed by atoms with van der Waals surface area (Å²) in [6, 6.07) is 2.21.